The molecule has 0 unspecified atom stereocenters. The van der Waals surface area contributed by atoms with Crippen LogP contribution in [0.5, 0.6) is 17.2 Å². The van der Waals surface area contributed by atoms with Crippen LogP contribution in [0.3, 0.4) is 0 Å². The fraction of sp³-hybridized carbons (Fsp3) is 0.192. The molecule has 0 atom stereocenters. The van der Waals surface area contributed by atoms with E-state index in [9.17, 15) is 14.3 Å². The second-order valence-electron chi connectivity index (χ2n) is 7.63. The number of ketones is 1. The lowest BCUT2D eigenvalue weighted by molar-refractivity contribution is 0.0980. The highest BCUT2D eigenvalue weighted by Crippen LogP contribution is 2.45. The largest absolute Gasteiger partial charge is 0.502 e. The number of benzene rings is 2. The Kier molecular flexibility index (Phi) is 5.86. The maximum atomic E-state index is 14.1. The highest BCUT2D eigenvalue weighted by Gasteiger charge is 2.25. The number of halogens is 1. The second-order valence-corrected chi connectivity index (χ2v) is 7.63. The number of aromatic hydroxyl groups is 1. The van der Waals surface area contributed by atoms with Crippen molar-refractivity contribution in [3.8, 4) is 17.2 Å². The number of ether oxygens (including phenoxy) is 2. The number of hydrogen-bond donors (Lipinski definition) is 2. The number of nitrogens with one attached hydrogen (secondary N) is 1. The predicted octanol–water partition coefficient (Wildman–Crippen LogP) is 5.87. The van der Waals surface area contributed by atoms with Crippen molar-refractivity contribution in [1.82, 2.24) is 4.98 Å². The molecule has 32 heavy (non-hydrogen) atoms. The first-order chi connectivity index (χ1) is 15.4. The van der Waals surface area contributed by atoms with Crippen molar-refractivity contribution in [2.24, 2.45) is 0 Å². The molecule has 0 fully saturated rings. The maximum Gasteiger partial charge on any atom is 0.200 e. The van der Waals surface area contributed by atoms with E-state index in [1.165, 1.54) is 26.4 Å². The summed E-state index contributed by atoms with van der Waals surface area (Å²) in [6.07, 6.45) is 4.49. The number of carbonyl (C=O) groups is 1. The van der Waals surface area contributed by atoms with Gasteiger partial charge in [-0.05, 0) is 89.2 Å². The average molecular weight is 433 g/mol. The van der Waals surface area contributed by atoms with Gasteiger partial charge in [-0.1, -0.05) is 6.07 Å². The molecule has 1 aliphatic carbocycles. The van der Waals surface area contributed by atoms with Gasteiger partial charge in [0.25, 0.3) is 0 Å². The number of carbonyl (C=O) groups excluding carboxylic acids is 1. The topological polar surface area (TPSA) is 71.6 Å². The molecule has 1 aromatic heterocycles. The van der Waals surface area contributed by atoms with E-state index in [0.717, 1.165) is 33.4 Å². The predicted molar refractivity (Wildman–Crippen MR) is 122 cm³/mol. The van der Waals surface area contributed by atoms with Crippen LogP contribution in [-0.4, -0.2) is 30.1 Å². The lowest BCUT2D eigenvalue weighted by atomic mass is 9.99. The van der Waals surface area contributed by atoms with Crippen LogP contribution in [0.2, 0.25) is 0 Å². The van der Waals surface area contributed by atoms with Gasteiger partial charge in [0.15, 0.2) is 17.3 Å². The Labute approximate surface area is 185 Å². The van der Waals surface area contributed by atoms with Gasteiger partial charge in [0.1, 0.15) is 5.82 Å². The van der Waals surface area contributed by atoms with Gasteiger partial charge in [0.05, 0.1) is 19.9 Å². The lowest BCUT2D eigenvalue weighted by Crippen LogP contribution is -2.00. The van der Waals surface area contributed by atoms with E-state index in [1.54, 1.807) is 36.5 Å². The zero-order valence-corrected chi connectivity index (χ0v) is 18.2. The van der Waals surface area contributed by atoms with Crippen LogP contribution in [0.15, 0.2) is 54.2 Å². The zero-order valence-electron chi connectivity index (χ0n) is 18.2. The molecule has 0 radical (unpaired) electrons. The van der Waals surface area contributed by atoms with Crippen LogP contribution in [-0.2, 0) is 0 Å². The van der Waals surface area contributed by atoms with Gasteiger partial charge in [-0.2, -0.15) is 0 Å². The average Bonchev–Trinajstić information content (AvgIpc) is 3.41. The Morgan fingerprint density at radius 1 is 1.09 bits per heavy atom. The van der Waals surface area contributed by atoms with Crippen molar-refractivity contribution in [3.63, 3.8) is 0 Å². The standard InChI is InChI=1S/C26H24FNO4/c1-15-18(8-9-23(29)22-5-4-10-28-22)21-14-17(27)6-7-19(21)20(15)11-16-12-24(31-2)26(30)25(13-16)32-3/h4-7,10-14,28,30H,8-9H2,1-3H3. The molecule has 0 saturated heterocycles. The number of phenols is 1. The van der Waals surface area contributed by atoms with Gasteiger partial charge in [0, 0.05) is 12.6 Å². The van der Waals surface area contributed by atoms with Crippen LogP contribution in [0.25, 0.3) is 17.2 Å². The zero-order chi connectivity index (χ0) is 22.8. The maximum absolute atomic E-state index is 14.1. The Bertz CT molecular complexity index is 1210. The Morgan fingerprint density at radius 3 is 2.44 bits per heavy atom. The van der Waals surface area contributed by atoms with Gasteiger partial charge in [-0.25, -0.2) is 4.39 Å². The first kappa shape index (κ1) is 21.4. The highest BCUT2D eigenvalue weighted by molar-refractivity contribution is 6.06. The fourth-order valence-electron chi connectivity index (χ4n) is 4.12. The van der Waals surface area contributed by atoms with Crippen molar-refractivity contribution in [2.75, 3.05) is 14.2 Å². The molecular formula is C26H24FNO4. The van der Waals surface area contributed by atoms with Crippen LogP contribution in [0.4, 0.5) is 4.39 Å². The van der Waals surface area contributed by atoms with Crippen molar-refractivity contribution >= 4 is 23.0 Å². The quantitative estimate of drug-likeness (QED) is 0.457. The highest BCUT2D eigenvalue weighted by atomic mass is 19.1. The molecular weight excluding hydrogens is 409 g/mol. The number of Topliss-reactive ketones (excluding diaryl/α,β-unsaturated/α-hetero) is 1. The molecule has 6 heteroatoms. The van der Waals surface area contributed by atoms with E-state index in [1.807, 2.05) is 13.0 Å². The molecule has 1 heterocycles. The van der Waals surface area contributed by atoms with Crippen LogP contribution < -0.4 is 9.47 Å². The van der Waals surface area contributed by atoms with Gasteiger partial charge in [-0.3, -0.25) is 4.79 Å². The number of phenolic OH excluding ortho intramolecular Hbond substituents is 1. The smallest absolute Gasteiger partial charge is 0.200 e. The summed E-state index contributed by atoms with van der Waals surface area (Å²) in [5, 5.41) is 10.2. The fourth-order valence-corrected chi connectivity index (χ4v) is 4.12. The third kappa shape index (κ3) is 3.91. The minimum absolute atomic E-state index is 0.0127. The van der Waals surface area contributed by atoms with Gasteiger partial charge in [-0.15, -0.1) is 0 Å². The molecule has 5 nitrogen and oxygen atoms in total. The number of methoxy groups -OCH3 is 2. The SMILES string of the molecule is COc1cc(C=C2C(C)=C(CCC(=O)c3ccc[nH]3)c3cc(F)ccc32)cc(OC)c1O. The number of aromatic amines is 1. The Hall–Kier alpha value is -3.80. The van der Waals surface area contributed by atoms with E-state index in [4.69, 9.17) is 9.47 Å². The number of aromatic nitrogens is 1. The lowest BCUT2D eigenvalue weighted by Gasteiger charge is -2.11. The summed E-state index contributed by atoms with van der Waals surface area (Å²) in [5.41, 5.74) is 5.89. The van der Waals surface area contributed by atoms with E-state index >= 15 is 0 Å². The van der Waals surface area contributed by atoms with Gasteiger partial charge in [0.2, 0.25) is 5.75 Å². The summed E-state index contributed by atoms with van der Waals surface area (Å²) >= 11 is 0. The molecule has 0 bridgehead atoms. The summed E-state index contributed by atoms with van der Waals surface area (Å²) in [5.74, 6) is 0.221. The summed E-state index contributed by atoms with van der Waals surface area (Å²) in [6, 6.07) is 11.7. The molecule has 0 saturated carbocycles. The van der Waals surface area contributed by atoms with Crippen molar-refractivity contribution < 1.29 is 23.8 Å². The van der Waals surface area contributed by atoms with E-state index < -0.39 is 0 Å². The molecule has 0 amide bonds. The van der Waals surface area contributed by atoms with E-state index in [0.29, 0.717) is 30.0 Å². The van der Waals surface area contributed by atoms with Crippen LogP contribution >= 0.6 is 0 Å². The van der Waals surface area contributed by atoms with E-state index in [2.05, 4.69) is 4.98 Å². The number of fused-ring (bicyclic) bond motifs is 1. The summed E-state index contributed by atoms with van der Waals surface area (Å²) < 4.78 is 24.6. The molecule has 0 aliphatic heterocycles. The van der Waals surface area contributed by atoms with Crippen molar-refractivity contribution in [1.29, 1.82) is 0 Å². The van der Waals surface area contributed by atoms with Gasteiger partial charge >= 0.3 is 0 Å². The number of allylic oxidation sites excluding steroid dienone is 3. The minimum Gasteiger partial charge on any atom is -0.502 e. The Balaban J connectivity index is 1.75. The van der Waals surface area contributed by atoms with E-state index in [-0.39, 0.29) is 17.3 Å². The second kappa shape index (κ2) is 8.75. The number of rotatable bonds is 7. The third-order valence-corrected chi connectivity index (χ3v) is 5.77. The molecule has 2 aromatic carbocycles. The Morgan fingerprint density at radius 2 is 1.81 bits per heavy atom. The summed E-state index contributed by atoms with van der Waals surface area (Å²) in [7, 11) is 2.95. The van der Waals surface area contributed by atoms with Crippen molar-refractivity contribution in [2.45, 2.75) is 19.8 Å². The first-order valence-corrected chi connectivity index (χ1v) is 10.3. The molecule has 3 aromatic rings. The molecule has 0 spiro atoms. The van der Waals surface area contributed by atoms with Crippen LogP contribution in [0.1, 0.15) is 46.9 Å². The van der Waals surface area contributed by atoms with Gasteiger partial charge < -0.3 is 19.6 Å². The molecule has 4 rings (SSSR count). The van der Waals surface area contributed by atoms with Crippen molar-refractivity contribution in [3.05, 3.63) is 82.4 Å². The summed E-state index contributed by atoms with van der Waals surface area (Å²) in [6.45, 7) is 1.98. The molecule has 164 valence electrons. The monoisotopic (exact) mass is 433 g/mol. The molecule has 2 N–H and O–H groups in total. The normalized spacial score (nSPS) is 14.1. The molecule has 1 aliphatic rings. The van der Waals surface area contributed by atoms with Crippen LogP contribution in [0, 0.1) is 5.82 Å². The third-order valence-electron chi connectivity index (χ3n) is 5.77. The minimum atomic E-state index is -0.320. The number of H-pyrrole nitrogens is 1. The number of hydrogen-bond acceptors (Lipinski definition) is 4. The first-order valence-electron chi connectivity index (χ1n) is 10.3. The summed E-state index contributed by atoms with van der Waals surface area (Å²) in [4.78, 5) is 15.4.